The van der Waals surface area contributed by atoms with Gasteiger partial charge in [0.2, 0.25) is 5.91 Å². The molecule has 1 aromatic carbocycles. The normalized spacial score (nSPS) is 17.5. The lowest BCUT2D eigenvalue weighted by molar-refractivity contribution is -0.137. The summed E-state index contributed by atoms with van der Waals surface area (Å²) in [6.45, 7) is 0.190. The first-order valence-corrected chi connectivity index (χ1v) is 8.13. The van der Waals surface area contributed by atoms with Gasteiger partial charge in [-0.1, -0.05) is 11.2 Å². The summed E-state index contributed by atoms with van der Waals surface area (Å²) in [4.78, 5) is 21.9. The van der Waals surface area contributed by atoms with Gasteiger partial charge in [-0.2, -0.15) is 18.2 Å². The van der Waals surface area contributed by atoms with Crippen LogP contribution in [0.4, 0.5) is 18.9 Å². The standard InChI is InChI=1S/C18H13F3N4O2/c19-18(20,21)13-2-1-3-14(9-13)25-10-12(8-15(25)26)16-23-17(27-24-16)11-4-6-22-7-5-11/h1-7,9,12H,8,10H2. The number of anilines is 1. The molecule has 6 nitrogen and oxygen atoms in total. The topological polar surface area (TPSA) is 72.1 Å². The molecule has 0 bridgehead atoms. The van der Waals surface area contributed by atoms with Crippen molar-refractivity contribution in [1.82, 2.24) is 15.1 Å². The number of nitrogens with zero attached hydrogens (tertiary/aromatic N) is 4. The van der Waals surface area contributed by atoms with Crippen LogP contribution in [0.2, 0.25) is 0 Å². The molecule has 1 atom stereocenters. The molecule has 0 N–H and O–H groups in total. The summed E-state index contributed by atoms with van der Waals surface area (Å²) in [6, 6.07) is 8.14. The number of alkyl halides is 3. The van der Waals surface area contributed by atoms with E-state index in [0.29, 0.717) is 17.3 Å². The number of halogens is 3. The van der Waals surface area contributed by atoms with E-state index >= 15 is 0 Å². The molecular weight excluding hydrogens is 361 g/mol. The van der Waals surface area contributed by atoms with E-state index in [2.05, 4.69) is 15.1 Å². The van der Waals surface area contributed by atoms with Gasteiger partial charge in [0.1, 0.15) is 0 Å². The molecule has 1 aliphatic heterocycles. The van der Waals surface area contributed by atoms with Crippen molar-refractivity contribution in [2.45, 2.75) is 18.5 Å². The minimum atomic E-state index is -4.47. The van der Waals surface area contributed by atoms with Gasteiger partial charge in [-0.3, -0.25) is 9.78 Å². The van der Waals surface area contributed by atoms with Gasteiger partial charge in [0.05, 0.1) is 5.56 Å². The van der Waals surface area contributed by atoms with Crippen LogP contribution in [0.3, 0.4) is 0 Å². The number of pyridine rings is 1. The molecule has 27 heavy (non-hydrogen) atoms. The Labute approximate surface area is 151 Å². The van der Waals surface area contributed by atoms with Crippen LogP contribution < -0.4 is 4.90 Å². The van der Waals surface area contributed by atoms with E-state index in [1.165, 1.54) is 17.0 Å². The molecule has 1 aliphatic rings. The predicted octanol–water partition coefficient (Wildman–Crippen LogP) is 3.67. The number of hydrogen-bond donors (Lipinski definition) is 0. The fraction of sp³-hybridized carbons (Fsp3) is 0.222. The second-order valence-electron chi connectivity index (χ2n) is 6.15. The Morgan fingerprint density at radius 2 is 1.93 bits per heavy atom. The van der Waals surface area contributed by atoms with Crippen LogP contribution in [0.25, 0.3) is 11.5 Å². The first kappa shape index (κ1) is 17.2. The van der Waals surface area contributed by atoms with Crippen LogP contribution in [0.15, 0.2) is 53.3 Å². The Morgan fingerprint density at radius 1 is 1.15 bits per heavy atom. The molecule has 1 saturated heterocycles. The number of hydrogen-bond acceptors (Lipinski definition) is 5. The lowest BCUT2D eigenvalue weighted by Gasteiger charge is -2.18. The molecule has 1 fully saturated rings. The molecule has 138 valence electrons. The summed E-state index contributed by atoms with van der Waals surface area (Å²) in [7, 11) is 0. The Hall–Kier alpha value is -3.23. The highest BCUT2D eigenvalue weighted by Crippen LogP contribution is 2.35. The summed E-state index contributed by atoms with van der Waals surface area (Å²) >= 11 is 0. The van der Waals surface area contributed by atoms with Gasteiger partial charge in [0, 0.05) is 42.5 Å². The lowest BCUT2D eigenvalue weighted by atomic mass is 10.1. The van der Waals surface area contributed by atoms with E-state index in [-0.39, 0.29) is 30.5 Å². The van der Waals surface area contributed by atoms with Gasteiger partial charge in [-0.25, -0.2) is 0 Å². The van der Waals surface area contributed by atoms with Gasteiger partial charge in [0.25, 0.3) is 5.89 Å². The Balaban J connectivity index is 1.56. The second kappa shape index (κ2) is 6.49. The Morgan fingerprint density at radius 3 is 2.67 bits per heavy atom. The number of carbonyl (C=O) groups excluding carboxylic acids is 1. The first-order chi connectivity index (χ1) is 12.9. The maximum absolute atomic E-state index is 12.9. The van der Waals surface area contributed by atoms with Crippen molar-refractivity contribution in [3.05, 3.63) is 60.2 Å². The largest absolute Gasteiger partial charge is 0.416 e. The monoisotopic (exact) mass is 374 g/mol. The van der Waals surface area contributed by atoms with Gasteiger partial charge in [-0.05, 0) is 30.3 Å². The maximum atomic E-state index is 12.9. The van der Waals surface area contributed by atoms with Gasteiger partial charge in [0.15, 0.2) is 5.82 Å². The van der Waals surface area contributed by atoms with E-state index in [9.17, 15) is 18.0 Å². The summed E-state index contributed by atoms with van der Waals surface area (Å²) < 4.78 is 44.0. The summed E-state index contributed by atoms with van der Waals surface area (Å²) in [5.41, 5.74) is 0.105. The van der Waals surface area contributed by atoms with Crippen LogP contribution in [0.5, 0.6) is 0 Å². The van der Waals surface area contributed by atoms with Crippen LogP contribution in [-0.2, 0) is 11.0 Å². The summed E-state index contributed by atoms with van der Waals surface area (Å²) in [5.74, 6) is 0.0166. The van der Waals surface area contributed by atoms with Crippen molar-refractivity contribution in [2.75, 3.05) is 11.4 Å². The molecular formula is C18H13F3N4O2. The fourth-order valence-electron chi connectivity index (χ4n) is 2.99. The first-order valence-electron chi connectivity index (χ1n) is 8.13. The number of aromatic nitrogens is 3. The smallest absolute Gasteiger partial charge is 0.334 e. The van der Waals surface area contributed by atoms with Gasteiger partial charge >= 0.3 is 6.18 Å². The second-order valence-corrected chi connectivity index (χ2v) is 6.15. The summed E-state index contributed by atoms with van der Waals surface area (Å²) in [6.07, 6.45) is -1.18. The van der Waals surface area contributed by atoms with Crippen molar-refractivity contribution in [2.24, 2.45) is 0 Å². The Kier molecular flexibility index (Phi) is 4.14. The minimum Gasteiger partial charge on any atom is -0.334 e. The number of rotatable bonds is 3. The predicted molar refractivity (Wildman–Crippen MR) is 88.7 cm³/mol. The van der Waals surface area contributed by atoms with Crippen molar-refractivity contribution < 1.29 is 22.5 Å². The number of benzene rings is 1. The maximum Gasteiger partial charge on any atom is 0.416 e. The van der Waals surface area contributed by atoms with Crippen molar-refractivity contribution >= 4 is 11.6 Å². The molecule has 4 rings (SSSR count). The molecule has 0 saturated carbocycles. The molecule has 9 heteroatoms. The van der Waals surface area contributed by atoms with Crippen LogP contribution in [0, 0.1) is 0 Å². The van der Waals surface area contributed by atoms with E-state index < -0.39 is 11.7 Å². The van der Waals surface area contributed by atoms with Crippen molar-refractivity contribution in [1.29, 1.82) is 0 Å². The highest BCUT2D eigenvalue weighted by atomic mass is 19.4. The van der Waals surface area contributed by atoms with Crippen LogP contribution in [0.1, 0.15) is 23.7 Å². The zero-order valence-electron chi connectivity index (χ0n) is 13.8. The van der Waals surface area contributed by atoms with Crippen molar-refractivity contribution in [3.63, 3.8) is 0 Å². The average molecular weight is 374 g/mol. The average Bonchev–Trinajstić information content (AvgIpc) is 3.29. The van der Waals surface area contributed by atoms with E-state index in [4.69, 9.17) is 4.52 Å². The number of carbonyl (C=O) groups is 1. The third kappa shape index (κ3) is 3.40. The third-order valence-corrected chi connectivity index (χ3v) is 4.34. The molecule has 3 heterocycles. The summed E-state index contributed by atoms with van der Waals surface area (Å²) in [5, 5.41) is 3.93. The van der Waals surface area contributed by atoms with Crippen LogP contribution in [-0.4, -0.2) is 27.6 Å². The van der Waals surface area contributed by atoms with Gasteiger partial charge in [-0.15, -0.1) is 0 Å². The van der Waals surface area contributed by atoms with Crippen LogP contribution >= 0.6 is 0 Å². The molecule has 0 radical (unpaired) electrons. The molecule has 3 aromatic rings. The molecule has 0 aliphatic carbocycles. The highest BCUT2D eigenvalue weighted by Gasteiger charge is 2.36. The highest BCUT2D eigenvalue weighted by molar-refractivity contribution is 5.96. The zero-order valence-corrected chi connectivity index (χ0v) is 13.8. The number of amides is 1. The van der Waals surface area contributed by atoms with Gasteiger partial charge < -0.3 is 9.42 Å². The molecule has 1 amide bonds. The quantitative estimate of drug-likeness (QED) is 0.699. The molecule has 1 unspecified atom stereocenters. The SMILES string of the molecule is O=C1CC(c2noc(-c3ccncc3)n2)CN1c1cccc(C(F)(F)F)c1. The van der Waals surface area contributed by atoms with Crippen molar-refractivity contribution in [3.8, 4) is 11.5 Å². The minimum absolute atomic E-state index is 0.103. The Bertz CT molecular complexity index is 972. The van der Waals surface area contributed by atoms with E-state index in [1.54, 1.807) is 24.5 Å². The third-order valence-electron chi connectivity index (χ3n) is 4.34. The molecule has 2 aromatic heterocycles. The fourth-order valence-corrected chi connectivity index (χ4v) is 2.99. The zero-order chi connectivity index (χ0) is 19.0. The van der Waals surface area contributed by atoms with E-state index in [1.807, 2.05) is 0 Å². The molecule has 0 spiro atoms. The van der Waals surface area contributed by atoms with E-state index in [0.717, 1.165) is 12.1 Å². The lowest BCUT2D eigenvalue weighted by Crippen LogP contribution is -2.24.